The van der Waals surface area contributed by atoms with Crippen molar-refractivity contribution < 1.29 is 14.9 Å². The SMILES string of the molecule is CC(C)N(CC1OC(N2CNC3C(N)NCNC32)C(O)C1O)C1CC(CCC2Nc3ccc(C4(C#N)CC4)cc3N2)C1. The standard InChI is InChI=1S/C30H47N9O3/c1-16(2)38(12-22-25(40)26(41)29(42-22)39-15-35-24-27(32)33-14-34-28(24)39)19-9-17(10-19)3-6-23-36-20-5-4-18(11-21(20)37-23)30(13-31)7-8-30/h4-5,11,16-17,19,22-29,33-37,40-41H,3,6-10,12,14-15,32H2,1-2H3. The van der Waals surface area contributed by atoms with Gasteiger partial charge in [-0.25, -0.2) is 4.90 Å². The van der Waals surface area contributed by atoms with Gasteiger partial charge in [-0.1, -0.05) is 6.07 Å². The molecule has 8 unspecified atom stereocenters. The molecule has 1 aromatic carbocycles. The summed E-state index contributed by atoms with van der Waals surface area (Å²) in [5.74, 6) is 0.669. The normalized spacial score (nSPS) is 40.2. The molecule has 42 heavy (non-hydrogen) atoms. The number of nitrogens with one attached hydrogen (secondary N) is 5. The first kappa shape index (κ1) is 28.7. The first-order valence-electron chi connectivity index (χ1n) is 15.8. The van der Waals surface area contributed by atoms with Gasteiger partial charge >= 0.3 is 0 Å². The third-order valence-corrected chi connectivity index (χ3v) is 10.7. The van der Waals surface area contributed by atoms with E-state index in [0.29, 0.717) is 37.9 Å². The molecule has 6 aliphatic rings. The molecule has 5 fully saturated rings. The maximum atomic E-state index is 11.0. The van der Waals surface area contributed by atoms with Crippen LogP contribution in [0.25, 0.3) is 0 Å². The number of aliphatic hydroxyl groups is 2. The molecule has 0 radical (unpaired) electrons. The third-order valence-electron chi connectivity index (χ3n) is 10.7. The topological polar surface area (TPSA) is 166 Å². The Bertz CT molecular complexity index is 1190. The largest absolute Gasteiger partial charge is 0.387 e. The fraction of sp³-hybridized carbons (Fsp3) is 0.767. The lowest BCUT2D eigenvalue weighted by atomic mass is 9.76. The van der Waals surface area contributed by atoms with Gasteiger partial charge in [0, 0.05) is 25.3 Å². The summed E-state index contributed by atoms with van der Waals surface area (Å²) in [5, 5.41) is 48.8. The molecule has 12 heteroatoms. The summed E-state index contributed by atoms with van der Waals surface area (Å²) >= 11 is 0. The number of nitriles is 1. The van der Waals surface area contributed by atoms with Gasteiger partial charge < -0.3 is 31.3 Å². The first-order chi connectivity index (χ1) is 20.3. The summed E-state index contributed by atoms with van der Waals surface area (Å²) in [6.07, 6.45) is 3.40. The molecule has 3 saturated heterocycles. The molecular weight excluding hydrogens is 534 g/mol. The lowest BCUT2D eigenvalue weighted by molar-refractivity contribution is -0.112. The van der Waals surface area contributed by atoms with Crippen LogP contribution < -0.4 is 32.3 Å². The molecular formula is C30H47N9O3. The molecule has 9 N–H and O–H groups in total. The van der Waals surface area contributed by atoms with Gasteiger partial charge in [0.15, 0.2) is 0 Å². The highest BCUT2D eigenvalue weighted by atomic mass is 16.6. The van der Waals surface area contributed by atoms with Crippen molar-refractivity contribution in [2.45, 2.75) is 119 Å². The fourth-order valence-electron chi connectivity index (χ4n) is 7.84. The number of rotatable bonds is 9. The van der Waals surface area contributed by atoms with E-state index in [-0.39, 0.29) is 30.0 Å². The first-order valence-corrected chi connectivity index (χ1v) is 15.8. The molecule has 1 aromatic rings. The lowest BCUT2D eigenvalue weighted by Crippen LogP contribution is -2.68. The molecule has 0 bridgehead atoms. The zero-order chi connectivity index (χ0) is 29.2. The van der Waals surface area contributed by atoms with Crippen LogP contribution in [0.5, 0.6) is 0 Å². The quantitative estimate of drug-likeness (QED) is 0.199. The van der Waals surface area contributed by atoms with Crippen LogP contribution in [0.1, 0.15) is 57.9 Å². The molecule has 4 aliphatic heterocycles. The van der Waals surface area contributed by atoms with Crippen molar-refractivity contribution in [3.8, 4) is 6.07 Å². The van der Waals surface area contributed by atoms with Gasteiger partial charge in [0.05, 0.1) is 54.1 Å². The van der Waals surface area contributed by atoms with Crippen LogP contribution in [0, 0.1) is 17.2 Å². The van der Waals surface area contributed by atoms with Crippen LogP contribution >= 0.6 is 0 Å². The average Bonchev–Trinajstić information content (AvgIpc) is 3.33. The van der Waals surface area contributed by atoms with Gasteiger partial charge in [0.1, 0.15) is 24.5 Å². The van der Waals surface area contributed by atoms with Gasteiger partial charge in [-0.3, -0.25) is 20.9 Å². The number of hydrogen-bond donors (Lipinski definition) is 8. The van der Waals surface area contributed by atoms with Crippen LogP contribution in [0.3, 0.4) is 0 Å². The van der Waals surface area contributed by atoms with Gasteiger partial charge in [0.2, 0.25) is 0 Å². The van der Waals surface area contributed by atoms with E-state index in [1.165, 1.54) is 0 Å². The average molecular weight is 582 g/mol. The van der Waals surface area contributed by atoms with Crippen molar-refractivity contribution in [1.82, 2.24) is 25.8 Å². The molecule has 2 saturated carbocycles. The summed E-state index contributed by atoms with van der Waals surface area (Å²) in [5.41, 5.74) is 9.35. The highest BCUT2D eigenvalue weighted by Crippen LogP contribution is 2.49. The molecule has 7 rings (SSSR count). The van der Waals surface area contributed by atoms with Crippen LogP contribution in [-0.2, 0) is 10.2 Å². The van der Waals surface area contributed by atoms with Gasteiger partial charge in [-0.2, -0.15) is 5.26 Å². The molecule has 4 heterocycles. The Balaban J connectivity index is 0.894. The van der Waals surface area contributed by atoms with E-state index in [0.717, 1.165) is 55.5 Å². The maximum absolute atomic E-state index is 11.0. The Labute approximate surface area is 248 Å². The van der Waals surface area contributed by atoms with E-state index in [1.54, 1.807) is 0 Å². The summed E-state index contributed by atoms with van der Waals surface area (Å²) in [6, 6.07) is 9.66. The molecule has 0 amide bonds. The number of benzene rings is 1. The summed E-state index contributed by atoms with van der Waals surface area (Å²) in [7, 11) is 0. The van der Waals surface area contributed by atoms with E-state index in [1.807, 2.05) is 0 Å². The highest BCUT2D eigenvalue weighted by Gasteiger charge is 2.52. The third kappa shape index (κ3) is 5.08. The number of ether oxygens (including phenoxy) is 1. The molecule has 0 spiro atoms. The van der Waals surface area contributed by atoms with Crippen molar-refractivity contribution in [2.24, 2.45) is 11.7 Å². The minimum atomic E-state index is -0.979. The van der Waals surface area contributed by atoms with Gasteiger partial charge in [-0.05, 0) is 76.0 Å². The number of fused-ring (bicyclic) bond motifs is 2. The molecule has 2 aliphatic carbocycles. The lowest BCUT2D eigenvalue weighted by Gasteiger charge is -2.46. The zero-order valence-electron chi connectivity index (χ0n) is 24.7. The number of anilines is 2. The van der Waals surface area contributed by atoms with Crippen molar-refractivity contribution in [1.29, 1.82) is 5.26 Å². The molecule has 12 nitrogen and oxygen atoms in total. The van der Waals surface area contributed by atoms with Crippen molar-refractivity contribution in [3.05, 3.63) is 23.8 Å². The van der Waals surface area contributed by atoms with Crippen molar-refractivity contribution in [2.75, 3.05) is 30.5 Å². The predicted octanol–water partition coefficient (Wildman–Crippen LogP) is 0.114. The van der Waals surface area contributed by atoms with E-state index in [9.17, 15) is 15.5 Å². The number of aliphatic hydroxyl groups excluding tert-OH is 2. The second kappa shape index (κ2) is 11.1. The number of nitrogens with two attached hydrogens (primary N) is 1. The van der Waals surface area contributed by atoms with E-state index in [2.05, 4.69) is 74.5 Å². The minimum Gasteiger partial charge on any atom is -0.387 e. The molecule has 8 atom stereocenters. The highest BCUT2D eigenvalue weighted by molar-refractivity contribution is 5.76. The number of hydrogen-bond acceptors (Lipinski definition) is 12. The zero-order valence-corrected chi connectivity index (χ0v) is 24.7. The summed E-state index contributed by atoms with van der Waals surface area (Å²) in [6.45, 7) is 6.13. The summed E-state index contributed by atoms with van der Waals surface area (Å²) in [4.78, 5) is 4.51. The monoisotopic (exact) mass is 581 g/mol. The van der Waals surface area contributed by atoms with Crippen LogP contribution in [0.15, 0.2) is 18.2 Å². The van der Waals surface area contributed by atoms with E-state index in [4.69, 9.17) is 10.5 Å². The molecule has 0 aromatic heterocycles. The Morgan fingerprint density at radius 2 is 1.90 bits per heavy atom. The van der Waals surface area contributed by atoms with Crippen LogP contribution in [-0.4, -0.2) is 101 Å². The molecule has 230 valence electrons. The Hall–Kier alpha value is -2.05. The van der Waals surface area contributed by atoms with Crippen LogP contribution in [0.2, 0.25) is 0 Å². The minimum absolute atomic E-state index is 0.00416. The van der Waals surface area contributed by atoms with Crippen molar-refractivity contribution in [3.63, 3.8) is 0 Å². The Morgan fingerprint density at radius 3 is 2.64 bits per heavy atom. The maximum Gasteiger partial charge on any atom is 0.142 e. The summed E-state index contributed by atoms with van der Waals surface area (Å²) < 4.78 is 6.38. The van der Waals surface area contributed by atoms with Gasteiger partial charge in [0.25, 0.3) is 0 Å². The van der Waals surface area contributed by atoms with E-state index >= 15 is 0 Å². The van der Waals surface area contributed by atoms with E-state index < -0.39 is 24.5 Å². The Morgan fingerprint density at radius 1 is 1.12 bits per heavy atom. The fourth-order valence-corrected chi connectivity index (χ4v) is 7.84. The number of nitrogens with zero attached hydrogens (tertiary/aromatic N) is 3. The van der Waals surface area contributed by atoms with Crippen LogP contribution in [0.4, 0.5) is 11.4 Å². The second-order valence-electron chi connectivity index (χ2n) is 13.7. The Kier molecular flexibility index (Phi) is 7.62. The predicted molar refractivity (Wildman–Crippen MR) is 159 cm³/mol. The van der Waals surface area contributed by atoms with Crippen molar-refractivity contribution >= 4 is 11.4 Å². The smallest absolute Gasteiger partial charge is 0.142 e. The second-order valence-corrected chi connectivity index (χ2v) is 13.7. The van der Waals surface area contributed by atoms with Gasteiger partial charge in [-0.15, -0.1) is 0 Å².